The third-order valence-corrected chi connectivity index (χ3v) is 4.19. The summed E-state index contributed by atoms with van der Waals surface area (Å²) in [5, 5.41) is 5.82. The van der Waals surface area contributed by atoms with Crippen molar-refractivity contribution in [1.82, 2.24) is 0 Å². The summed E-state index contributed by atoms with van der Waals surface area (Å²) in [5.74, 6) is -0.464. The minimum Gasteiger partial charge on any atom is -0.271 e. The van der Waals surface area contributed by atoms with Gasteiger partial charge in [-0.3, -0.25) is 4.79 Å². The lowest BCUT2D eigenvalue weighted by Gasteiger charge is -2.36. The molecule has 0 atom stereocenters. The average molecular weight is 267 g/mol. The van der Waals surface area contributed by atoms with Crippen molar-refractivity contribution in [2.24, 2.45) is 10.5 Å². The van der Waals surface area contributed by atoms with Crippen LogP contribution in [0.15, 0.2) is 23.3 Å². The molecule has 0 radical (unpaired) electrons. The van der Waals surface area contributed by atoms with Crippen molar-refractivity contribution in [3.8, 4) is 0 Å². The number of amides is 1. The molecule has 1 spiro atoms. The molecule has 0 unspecified atom stereocenters. The van der Waals surface area contributed by atoms with E-state index in [0.717, 1.165) is 25.0 Å². The van der Waals surface area contributed by atoms with Gasteiger partial charge in [0.15, 0.2) is 0 Å². The Morgan fingerprint density at radius 3 is 2.67 bits per heavy atom. The summed E-state index contributed by atoms with van der Waals surface area (Å²) in [6.45, 7) is 1.87. The molecule has 2 aliphatic rings. The number of benzene rings is 1. The van der Waals surface area contributed by atoms with Gasteiger partial charge in [0.05, 0.1) is 21.8 Å². The zero-order chi connectivity index (χ0) is 12.9. The third-order valence-electron chi connectivity index (χ3n) is 3.89. The van der Waals surface area contributed by atoms with Crippen molar-refractivity contribution in [3.05, 3.63) is 29.0 Å². The highest BCUT2D eigenvalue weighted by Crippen LogP contribution is 2.48. The first kappa shape index (κ1) is 11.7. The predicted octanol–water partition coefficient (Wildman–Crippen LogP) is 3.37. The molecule has 1 amide bonds. The largest absolute Gasteiger partial charge is 0.271 e. The van der Waals surface area contributed by atoms with Crippen LogP contribution in [-0.4, -0.2) is 11.6 Å². The minimum atomic E-state index is -0.422. The van der Waals surface area contributed by atoms with E-state index in [0.29, 0.717) is 5.69 Å². The van der Waals surface area contributed by atoms with Gasteiger partial charge < -0.3 is 0 Å². The maximum absolute atomic E-state index is 13.0. The molecule has 0 N–H and O–H groups in total. The SMILES string of the molecule is CC1=NN(c2ccc(F)cc2Cl)C(=O)C12CCC2. The number of hydrogen-bond donors (Lipinski definition) is 0. The van der Waals surface area contributed by atoms with Crippen LogP contribution in [0.5, 0.6) is 0 Å². The van der Waals surface area contributed by atoms with Gasteiger partial charge in [0.25, 0.3) is 5.91 Å². The van der Waals surface area contributed by atoms with E-state index in [2.05, 4.69) is 5.10 Å². The standard InChI is InChI=1S/C13H12ClFN2O/c1-8-13(5-2-6-13)12(18)17(16-8)11-4-3-9(15)7-10(11)14/h3-4,7H,2,5-6H2,1H3. The number of hydrogen-bond acceptors (Lipinski definition) is 2. The van der Waals surface area contributed by atoms with E-state index in [1.807, 2.05) is 6.92 Å². The number of carbonyl (C=O) groups excluding carboxylic acids is 1. The summed E-state index contributed by atoms with van der Waals surface area (Å²) < 4.78 is 13.0. The first-order valence-electron chi connectivity index (χ1n) is 5.90. The van der Waals surface area contributed by atoms with Gasteiger partial charge >= 0.3 is 0 Å². The normalized spacial score (nSPS) is 21.2. The van der Waals surface area contributed by atoms with Crippen molar-refractivity contribution in [2.75, 3.05) is 5.01 Å². The van der Waals surface area contributed by atoms with Crippen LogP contribution in [0, 0.1) is 11.2 Å². The molecule has 1 heterocycles. The smallest absolute Gasteiger partial charge is 0.259 e. The van der Waals surface area contributed by atoms with E-state index in [9.17, 15) is 9.18 Å². The van der Waals surface area contributed by atoms with Crippen LogP contribution in [0.25, 0.3) is 0 Å². The van der Waals surface area contributed by atoms with Gasteiger partial charge in [0.1, 0.15) is 5.82 Å². The maximum Gasteiger partial charge on any atom is 0.259 e. The van der Waals surface area contributed by atoms with E-state index >= 15 is 0 Å². The van der Waals surface area contributed by atoms with Crippen LogP contribution < -0.4 is 5.01 Å². The second-order valence-corrected chi connectivity index (χ2v) is 5.24. The van der Waals surface area contributed by atoms with Crippen LogP contribution >= 0.6 is 11.6 Å². The highest BCUT2D eigenvalue weighted by atomic mass is 35.5. The Labute approximate surface area is 109 Å². The van der Waals surface area contributed by atoms with Crippen molar-refractivity contribution >= 4 is 28.9 Å². The van der Waals surface area contributed by atoms with E-state index in [1.54, 1.807) is 0 Å². The molecule has 1 aliphatic carbocycles. The van der Waals surface area contributed by atoms with Crippen LogP contribution in [0.1, 0.15) is 26.2 Å². The molecule has 1 fully saturated rings. The van der Waals surface area contributed by atoms with E-state index in [4.69, 9.17) is 11.6 Å². The number of hydrazone groups is 1. The summed E-state index contributed by atoms with van der Waals surface area (Å²) >= 11 is 5.97. The second kappa shape index (κ2) is 3.79. The van der Waals surface area contributed by atoms with Crippen LogP contribution in [0.2, 0.25) is 5.02 Å². The number of carbonyl (C=O) groups is 1. The molecule has 1 aliphatic heterocycles. The molecule has 1 aromatic carbocycles. The van der Waals surface area contributed by atoms with Crippen molar-refractivity contribution in [3.63, 3.8) is 0 Å². The molecule has 18 heavy (non-hydrogen) atoms. The lowest BCUT2D eigenvalue weighted by molar-refractivity contribution is -0.126. The predicted molar refractivity (Wildman–Crippen MR) is 68.3 cm³/mol. The quantitative estimate of drug-likeness (QED) is 0.767. The average Bonchev–Trinajstić information content (AvgIpc) is 2.50. The van der Waals surface area contributed by atoms with Gasteiger partial charge in [-0.1, -0.05) is 18.0 Å². The van der Waals surface area contributed by atoms with Crippen LogP contribution in [0.4, 0.5) is 10.1 Å². The molecular formula is C13H12ClFN2O. The molecule has 0 aromatic heterocycles. The Bertz CT molecular complexity index is 566. The molecule has 94 valence electrons. The molecule has 3 rings (SSSR count). The highest BCUT2D eigenvalue weighted by Gasteiger charge is 2.53. The van der Waals surface area contributed by atoms with Gasteiger partial charge in [-0.25, -0.2) is 4.39 Å². The lowest BCUT2D eigenvalue weighted by atomic mass is 9.66. The molecule has 5 heteroatoms. The number of anilines is 1. The highest BCUT2D eigenvalue weighted by molar-refractivity contribution is 6.34. The number of nitrogens with zero attached hydrogens (tertiary/aromatic N) is 2. The molecular weight excluding hydrogens is 255 g/mol. The Hall–Kier alpha value is -1.42. The Kier molecular flexibility index (Phi) is 2.45. The second-order valence-electron chi connectivity index (χ2n) is 4.83. The van der Waals surface area contributed by atoms with Gasteiger partial charge in [-0.15, -0.1) is 0 Å². The zero-order valence-electron chi connectivity index (χ0n) is 9.91. The summed E-state index contributed by atoms with van der Waals surface area (Å²) in [6.07, 6.45) is 2.73. The van der Waals surface area contributed by atoms with Crippen molar-refractivity contribution in [2.45, 2.75) is 26.2 Å². The Balaban J connectivity index is 2.01. The fourth-order valence-corrected chi connectivity index (χ4v) is 2.82. The number of rotatable bonds is 1. The molecule has 3 nitrogen and oxygen atoms in total. The topological polar surface area (TPSA) is 32.7 Å². The fourth-order valence-electron chi connectivity index (χ4n) is 2.57. The van der Waals surface area contributed by atoms with E-state index in [1.165, 1.54) is 23.2 Å². The van der Waals surface area contributed by atoms with Crippen LogP contribution in [0.3, 0.4) is 0 Å². The molecule has 1 aromatic rings. The maximum atomic E-state index is 13.0. The summed E-state index contributed by atoms with van der Waals surface area (Å²) in [7, 11) is 0. The Morgan fingerprint density at radius 2 is 2.17 bits per heavy atom. The third kappa shape index (κ3) is 1.42. The fraction of sp³-hybridized carbons (Fsp3) is 0.385. The van der Waals surface area contributed by atoms with Crippen molar-refractivity contribution < 1.29 is 9.18 Å². The summed E-state index contributed by atoms with van der Waals surface area (Å²) in [6, 6.07) is 3.97. The van der Waals surface area contributed by atoms with Crippen LogP contribution in [-0.2, 0) is 4.79 Å². The molecule has 1 saturated carbocycles. The van der Waals surface area contributed by atoms with Gasteiger partial charge in [0, 0.05) is 0 Å². The first-order valence-corrected chi connectivity index (χ1v) is 6.28. The summed E-state index contributed by atoms with van der Waals surface area (Å²) in [5.41, 5.74) is 0.864. The van der Waals surface area contributed by atoms with Gasteiger partial charge in [-0.05, 0) is 38.0 Å². The lowest BCUT2D eigenvalue weighted by Crippen LogP contribution is -2.44. The molecule has 0 bridgehead atoms. The Morgan fingerprint density at radius 1 is 1.44 bits per heavy atom. The van der Waals surface area contributed by atoms with Gasteiger partial charge in [-0.2, -0.15) is 10.1 Å². The van der Waals surface area contributed by atoms with Gasteiger partial charge in [0.2, 0.25) is 0 Å². The van der Waals surface area contributed by atoms with E-state index in [-0.39, 0.29) is 10.9 Å². The van der Waals surface area contributed by atoms with E-state index < -0.39 is 11.2 Å². The number of halogens is 2. The molecule has 0 saturated heterocycles. The summed E-state index contributed by atoms with van der Waals surface area (Å²) in [4.78, 5) is 12.4. The monoisotopic (exact) mass is 266 g/mol. The zero-order valence-corrected chi connectivity index (χ0v) is 10.7. The van der Waals surface area contributed by atoms with Crippen molar-refractivity contribution in [1.29, 1.82) is 0 Å². The minimum absolute atomic E-state index is 0.0419. The first-order chi connectivity index (χ1) is 8.54.